The summed E-state index contributed by atoms with van der Waals surface area (Å²) >= 11 is 3.34. The zero-order valence-electron chi connectivity index (χ0n) is 17.7. The van der Waals surface area contributed by atoms with Gasteiger partial charge in [0.1, 0.15) is 0 Å². The number of anilines is 1. The first-order chi connectivity index (χ1) is 15.4. The SMILES string of the molecule is COc1ccc(CN2C(=O)[C@](O)(CC(=O)c3ccc(Br)cc3)c3ccccc32)cc1OC. The van der Waals surface area contributed by atoms with E-state index in [4.69, 9.17) is 9.47 Å². The molecule has 6 nitrogen and oxygen atoms in total. The van der Waals surface area contributed by atoms with Crippen molar-refractivity contribution in [2.75, 3.05) is 19.1 Å². The van der Waals surface area contributed by atoms with Gasteiger partial charge < -0.3 is 19.5 Å². The van der Waals surface area contributed by atoms with Crippen molar-refractivity contribution < 1.29 is 24.2 Å². The van der Waals surface area contributed by atoms with Crippen LogP contribution >= 0.6 is 15.9 Å². The summed E-state index contributed by atoms with van der Waals surface area (Å²) in [4.78, 5) is 27.9. The van der Waals surface area contributed by atoms with Gasteiger partial charge in [0, 0.05) is 15.6 Å². The Morgan fingerprint density at radius 1 is 1.00 bits per heavy atom. The van der Waals surface area contributed by atoms with E-state index < -0.39 is 11.5 Å². The molecular formula is C25H22BrNO5. The third-order valence-electron chi connectivity index (χ3n) is 5.61. The molecule has 1 N–H and O–H groups in total. The van der Waals surface area contributed by atoms with E-state index in [1.165, 1.54) is 4.90 Å². The number of ketones is 1. The van der Waals surface area contributed by atoms with Crippen molar-refractivity contribution >= 4 is 33.3 Å². The van der Waals surface area contributed by atoms with Crippen LogP contribution in [0.5, 0.6) is 11.5 Å². The van der Waals surface area contributed by atoms with Crippen molar-refractivity contribution in [2.45, 2.75) is 18.6 Å². The third-order valence-corrected chi connectivity index (χ3v) is 6.14. The second-order valence-electron chi connectivity index (χ2n) is 7.56. The average Bonchev–Trinajstić information content (AvgIpc) is 3.01. The smallest absolute Gasteiger partial charge is 0.264 e. The van der Waals surface area contributed by atoms with Gasteiger partial charge in [0.25, 0.3) is 5.91 Å². The largest absolute Gasteiger partial charge is 0.493 e. The van der Waals surface area contributed by atoms with Crippen LogP contribution in [-0.2, 0) is 16.9 Å². The number of benzene rings is 3. The minimum Gasteiger partial charge on any atom is -0.493 e. The molecular weight excluding hydrogens is 474 g/mol. The fraction of sp³-hybridized carbons (Fsp3) is 0.200. The second-order valence-corrected chi connectivity index (χ2v) is 8.48. The molecule has 0 saturated carbocycles. The molecule has 3 aromatic carbocycles. The van der Waals surface area contributed by atoms with Gasteiger partial charge >= 0.3 is 0 Å². The first-order valence-electron chi connectivity index (χ1n) is 10.0. The van der Waals surface area contributed by atoms with E-state index in [0.29, 0.717) is 28.3 Å². The molecule has 164 valence electrons. The van der Waals surface area contributed by atoms with E-state index in [2.05, 4.69) is 15.9 Å². The van der Waals surface area contributed by atoms with Crippen LogP contribution in [0.1, 0.15) is 27.9 Å². The lowest BCUT2D eigenvalue weighted by Crippen LogP contribution is -2.41. The maximum Gasteiger partial charge on any atom is 0.264 e. The minimum absolute atomic E-state index is 0.213. The number of hydrogen-bond acceptors (Lipinski definition) is 5. The summed E-state index contributed by atoms with van der Waals surface area (Å²) in [5.41, 5.74) is 0.311. The van der Waals surface area contributed by atoms with E-state index in [0.717, 1.165) is 10.0 Å². The van der Waals surface area contributed by atoms with Crippen molar-refractivity contribution in [1.82, 2.24) is 0 Å². The van der Waals surface area contributed by atoms with Gasteiger partial charge in [0.05, 0.1) is 32.9 Å². The Morgan fingerprint density at radius 3 is 2.38 bits per heavy atom. The van der Waals surface area contributed by atoms with Gasteiger partial charge in [-0.05, 0) is 35.9 Å². The molecule has 0 fully saturated rings. The van der Waals surface area contributed by atoms with Crippen LogP contribution < -0.4 is 14.4 Å². The highest BCUT2D eigenvalue weighted by molar-refractivity contribution is 9.10. The predicted octanol–water partition coefficient (Wildman–Crippen LogP) is 4.47. The Labute approximate surface area is 194 Å². The standard InChI is InChI=1S/C25H22BrNO5/c1-31-22-12-7-16(13-23(22)32-2)15-27-20-6-4-3-5-19(20)25(30,24(27)29)14-21(28)17-8-10-18(26)11-9-17/h3-13,30H,14-15H2,1-2H3/t25-/m0/s1. The van der Waals surface area contributed by atoms with Crippen molar-refractivity contribution in [3.63, 3.8) is 0 Å². The maximum absolute atomic E-state index is 13.4. The minimum atomic E-state index is -1.93. The van der Waals surface area contributed by atoms with Crippen LogP contribution in [0.4, 0.5) is 5.69 Å². The summed E-state index contributed by atoms with van der Waals surface area (Å²) in [6.45, 7) is 0.213. The van der Waals surface area contributed by atoms with Crippen LogP contribution in [0.25, 0.3) is 0 Å². The lowest BCUT2D eigenvalue weighted by atomic mass is 9.88. The number of fused-ring (bicyclic) bond motifs is 1. The maximum atomic E-state index is 13.4. The summed E-state index contributed by atoms with van der Waals surface area (Å²) in [6.07, 6.45) is -0.340. The Morgan fingerprint density at radius 2 is 1.69 bits per heavy atom. The van der Waals surface area contributed by atoms with Gasteiger partial charge in [-0.15, -0.1) is 0 Å². The number of hydrogen-bond donors (Lipinski definition) is 1. The number of nitrogens with zero attached hydrogens (tertiary/aromatic N) is 1. The second kappa shape index (κ2) is 8.76. The van der Waals surface area contributed by atoms with Gasteiger partial charge in [-0.1, -0.05) is 52.3 Å². The van der Waals surface area contributed by atoms with Crippen LogP contribution in [0.2, 0.25) is 0 Å². The Hall–Kier alpha value is -3.16. The number of halogens is 1. The quantitative estimate of drug-likeness (QED) is 0.489. The lowest BCUT2D eigenvalue weighted by molar-refractivity contribution is -0.136. The molecule has 1 amide bonds. The topological polar surface area (TPSA) is 76.1 Å². The molecule has 0 aromatic heterocycles. The number of rotatable bonds is 7. The molecule has 0 unspecified atom stereocenters. The number of aliphatic hydroxyl groups is 1. The van der Waals surface area contributed by atoms with Crippen LogP contribution in [0.15, 0.2) is 71.2 Å². The van der Waals surface area contributed by atoms with Gasteiger partial charge in [-0.25, -0.2) is 0 Å². The number of methoxy groups -OCH3 is 2. The van der Waals surface area contributed by atoms with E-state index in [9.17, 15) is 14.7 Å². The molecule has 1 heterocycles. The molecule has 0 spiro atoms. The number of carbonyl (C=O) groups is 2. The Bertz CT molecular complexity index is 1180. The van der Waals surface area contributed by atoms with Gasteiger partial charge in [-0.2, -0.15) is 0 Å². The summed E-state index contributed by atoms with van der Waals surface area (Å²) in [6, 6.07) is 19.3. The molecule has 0 bridgehead atoms. The zero-order valence-corrected chi connectivity index (χ0v) is 19.3. The molecule has 32 heavy (non-hydrogen) atoms. The first kappa shape index (κ1) is 22.0. The summed E-state index contributed by atoms with van der Waals surface area (Å²) < 4.78 is 11.5. The van der Waals surface area contributed by atoms with Crippen molar-refractivity contribution in [1.29, 1.82) is 0 Å². The number of amides is 1. The normalized spacial score (nSPS) is 17.2. The molecule has 0 radical (unpaired) electrons. The molecule has 0 aliphatic carbocycles. The first-order valence-corrected chi connectivity index (χ1v) is 10.8. The zero-order chi connectivity index (χ0) is 22.9. The molecule has 1 aliphatic rings. The molecule has 1 atom stereocenters. The monoisotopic (exact) mass is 495 g/mol. The fourth-order valence-electron chi connectivity index (χ4n) is 3.97. The van der Waals surface area contributed by atoms with Crippen LogP contribution in [-0.4, -0.2) is 31.0 Å². The van der Waals surface area contributed by atoms with E-state index in [1.54, 1.807) is 74.9 Å². The van der Waals surface area contributed by atoms with Crippen molar-refractivity contribution in [3.8, 4) is 11.5 Å². The third kappa shape index (κ3) is 3.89. The Balaban J connectivity index is 1.66. The van der Waals surface area contributed by atoms with Gasteiger partial charge in [0.15, 0.2) is 22.9 Å². The van der Waals surface area contributed by atoms with Crippen molar-refractivity contribution in [3.05, 3.63) is 87.9 Å². The van der Waals surface area contributed by atoms with E-state index in [1.807, 2.05) is 6.07 Å². The number of Topliss-reactive ketones (excluding diaryl/α,β-unsaturated/α-hetero) is 1. The summed E-state index contributed by atoms with van der Waals surface area (Å²) in [7, 11) is 3.10. The summed E-state index contributed by atoms with van der Waals surface area (Å²) in [5.74, 6) is 0.293. The van der Waals surface area contributed by atoms with Gasteiger partial charge in [-0.3, -0.25) is 9.59 Å². The van der Waals surface area contributed by atoms with Crippen LogP contribution in [0.3, 0.4) is 0 Å². The van der Waals surface area contributed by atoms with E-state index in [-0.39, 0.29) is 18.7 Å². The summed E-state index contributed by atoms with van der Waals surface area (Å²) in [5, 5.41) is 11.5. The Kier molecular flexibility index (Phi) is 6.04. The number of carbonyl (C=O) groups excluding carboxylic acids is 2. The van der Waals surface area contributed by atoms with Gasteiger partial charge in [0.2, 0.25) is 0 Å². The lowest BCUT2D eigenvalue weighted by Gasteiger charge is -2.23. The predicted molar refractivity (Wildman–Crippen MR) is 124 cm³/mol. The average molecular weight is 496 g/mol. The molecule has 3 aromatic rings. The van der Waals surface area contributed by atoms with Crippen LogP contribution in [0, 0.1) is 0 Å². The fourth-order valence-corrected chi connectivity index (χ4v) is 4.23. The highest BCUT2D eigenvalue weighted by Crippen LogP contribution is 2.44. The highest BCUT2D eigenvalue weighted by Gasteiger charge is 2.50. The molecule has 0 saturated heterocycles. The highest BCUT2D eigenvalue weighted by atomic mass is 79.9. The molecule has 7 heteroatoms. The molecule has 4 rings (SSSR count). The van der Waals surface area contributed by atoms with E-state index >= 15 is 0 Å². The number of para-hydroxylation sites is 1. The molecule has 1 aliphatic heterocycles. The number of ether oxygens (including phenoxy) is 2. The van der Waals surface area contributed by atoms with Crippen molar-refractivity contribution in [2.24, 2.45) is 0 Å².